The Balaban J connectivity index is 1.51. The van der Waals surface area contributed by atoms with E-state index in [1.54, 1.807) is 12.1 Å². The van der Waals surface area contributed by atoms with E-state index in [0.29, 0.717) is 18.2 Å². The van der Waals surface area contributed by atoms with E-state index in [-0.39, 0.29) is 12.6 Å². The van der Waals surface area contributed by atoms with Gasteiger partial charge in [0.2, 0.25) is 0 Å². The molecule has 132 valence electrons. The van der Waals surface area contributed by atoms with Crippen molar-refractivity contribution in [3.05, 3.63) is 60.2 Å². The summed E-state index contributed by atoms with van der Waals surface area (Å²) in [7, 11) is 0. The number of rotatable bonds is 7. The highest BCUT2D eigenvalue weighted by Gasteiger charge is 2.42. The lowest BCUT2D eigenvalue weighted by atomic mass is 9.97. The summed E-state index contributed by atoms with van der Waals surface area (Å²) in [6, 6.07) is 16.9. The Morgan fingerprint density at radius 2 is 1.84 bits per heavy atom. The van der Waals surface area contributed by atoms with Crippen LogP contribution in [-0.4, -0.2) is 23.3 Å². The lowest BCUT2D eigenvalue weighted by Gasteiger charge is -2.28. The fourth-order valence-corrected chi connectivity index (χ4v) is 2.79. The zero-order valence-corrected chi connectivity index (χ0v) is 14.4. The van der Waals surface area contributed by atoms with E-state index in [1.165, 1.54) is 0 Å². The van der Waals surface area contributed by atoms with Crippen molar-refractivity contribution in [2.45, 2.75) is 31.9 Å². The van der Waals surface area contributed by atoms with Crippen LogP contribution in [0.5, 0.6) is 5.75 Å². The molecule has 1 atom stereocenters. The van der Waals surface area contributed by atoms with E-state index in [0.717, 1.165) is 24.2 Å². The first kappa shape index (κ1) is 17.3. The standard InChI is InChI=1S/C20H24N2O3/c1-20(14-23,16-7-8-16)22-19(24)21-17-9-11-18(12-10-17)25-13-15-5-3-2-4-6-15/h2-6,9-12,16,23H,7-8,13-14H2,1H3,(H2,21,22,24). The van der Waals surface area contributed by atoms with E-state index in [1.807, 2.05) is 49.4 Å². The number of nitrogens with one attached hydrogen (secondary N) is 2. The molecule has 3 rings (SSSR count). The minimum Gasteiger partial charge on any atom is -0.489 e. The molecular formula is C20H24N2O3. The fraction of sp³-hybridized carbons (Fsp3) is 0.350. The van der Waals surface area contributed by atoms with Crippen molar-refractivity contribution >= 4 is 11.7 Å². The largest absolute Gasteiger partial charge is 0.489 e. The van der Waals surface area contributed by atoms with Gasteiger partial charge in [-0.3, -0.25) is 0 Å². The summed E-state index contributed by atoms with van der Waals surface area (Å²) in [5.74, 6) is 1.10. The number of carbonyl (C=O) groups excluding carboxylic acids is 1. The van der Waals surface area contributed by atoms with Gasteiger partial charge in [0, 0.05) is 5.69 Å². The molecule has 0 heterocycles. The van der Waals surface area contributed by atoms with Crippen LogP contribution in [0.3, 0.4) is 0 Å². The third-order valence-electron chi connectivity index (χ3n) is 4.57. The smallest absolute Gasteiger partial charge is 0.319 e. The minimum absolute atomic E-state index is 0.0582. The Kier molecular flexibility index (Phi) is 5.24. The van der Waals surface area contributed by atoms with Crippen molar-refractivity contribution in [1.29, 1.82) is 0 Å². The van der Waals surface area contributed by atoms with Gasteiger partial charge >= 0.3 is 6.03 Å². The third kappa shape index (κ3) is 4.73. The topological polar surface area (TPSA) is 70.6 Å². The molecular weight excluding hydrogens is 316 g/mol. The molecule has 0 bridgehead atoms. The summed E-state index contributed by atoms with van der Waals surface area (Å²) >= 11 is 0. The molecule has 5 heteroatoms. The average Bonchev–Trinajstić information content (AvgIpc) is 3.47. The van der Waals surface area contributed by atoms with Gasteiger partial charge in [0.15, 0.2) is 0 Å². The molecule has 1 aliphatic carbocycles. The normalized spacial score (nSPS) is 15.9. The van der Waals surface area contributed by atoms with Crippen LogP contribution in [0.1, 0.15) is 25.3 Å². The maximum absolute atomic E-state index is 12.2. The van der Waals surface area contributed by atoms with E-state index in [9.17, 15) is 9.90 Å². The maximum atomic E-state index is 12.2. The minimum atomic E-state index is -0.553. The number of carbonyl (C=O) groups is 1. The van der Waals surface area contributed by atoms with E-state index in [4.69, 9.17) is 4.74 Å². The molecule has 1 unspecified atom stereocenters. The Morgan fingerprint density at radius 3 is 2.44 bits per heavy atom. The number of hydrogen-bond donors (Lipinski definition) is 3. The van der Waals surface area contributed by atoms with Crippen molar-refractivity contribution in [2.75, 3.05) is 11.9 Å². The van der Waals surface area contributed by atoms with Crippen LogP contribution in [0, 0.1) is 5.92 Å². The predicted molar refractivity (Wildman–Crippen MR) is 97.6 cm³/mol. The SMILES string of the molecule is CC(CO)(NC(=O)Nc1ccc(OCc2ccccc2)cc1)C1CC1. The Labute approximate surface area is 148 Å². The van der Waals surface area contributed by atoms with Crippen molar-refractivity contribution in [2.24, 2.45) is 5.92 Å². The van der Waals surface area contributed by atoms with Gasteiger partial charge in [-0.15, -0.1) is 0 Å². The molecule has 2 amide bonds. The summed E-state index contributed by atoms with van der Waals surface area (Å²) in [6.45, 7) is 2.33. The van der Waals surface area contributed by atoms with Crippen molar-refractivity contribution in [3.8, 4) is 5.75 Å². The van der Waals surface area contributed by atoms with Gasteiger partial charge in [0.05, 0.1) is 12.1 Å². The molecule has 0 saturated heterocycles. The summed E-state index contributed by atoms with van der Waals surface area (Å²) in [6.07, 6.45) is 2.09. The third-order valence-corrected chi connectivity index (χ3v) is 4.57. The maximum Gasteiger partial charge on any atom is 0.319 e. The molecule has 5 nitrogen and oxygen atoms in total. The summed E-state index contributed by atoms with van der Waals surface area (Å²) < 4.78 is 5.73. The van der Waals surface area contributed by atoms with Gasteiger partial charge in [0.25, 0.3) is 0 Å². The van der Waals surface area contributed by atoms with Gasteiger partial charge < -0.3 is 20.5 Å². The number of aliphatic hydroxyl groups is 1. The summed E-state index contributed by atoms with van der Waals surface area (Å²) in [4.78, 5) is 12.2. The van der Waals surface area contributed by atoms with Crippen molar-refractivity contribution in [3.63, 3.8) is 0 Å². The number of benzene rings is 2. The number of hydrogen-bond acceptors (Lipinski definition) is 3. The quantitative estimate of drug-likeness (QED) is 0.722. The molecule has 25 heavy (non-hydrogen) atoms. The predicted octanol–water partition coefficient (Wildman–Crippen LogP) is 3.55. The van der Waals surface area contributed by atoms with Crippen molar-refractivity contribution < 1.29 is 14.6 Å². The van der Waals surface area contributed by atoms with Crippen molar-refractivity contribution in [1.82, 2.24) is 5.32 Å². The molecule has 0 spiro atoms. The zero-order chi connectivity index (χ0) is 17.7. The molecule has 0 aliphatic heterocycles. The first-order valence-electron chi connectivity index (χ1n) is 8.56. The molecule has 0 aromatic heterocycles. The van der Waals surface area contributed by atoms with Gasteiger partial charge in [-0.2, -0.15) is 0 Å². The molecule has 1 aliphatic rings. The lowest BCUT2D eigenvalue weighted by molar-refractivity contribution is 0.159. The number of amides is 2. The number of ether oxygens (including phenoxy) is 1. The number of urea groups is 1. The van der Waals surface area contributed by atoms with Crippen LogP contribution in [-0.2, 0) is 6.61 Å². The van der Waals surface area contributed by atoms with Gasteiger partial charge in [-0.1, -0.05) is 30.3 Å². The lowest BCUT2D eigenvalue weighted by Crippen LogP contribution is -2.52. The van der Waals surface area contributed by atoms with Crippen LogP contribution < -0.4 is 15.4 Å². The Morgan fingerprint density at radius 1 is 1.16 bits per heavy atom. The highest BCUT2D eigenvalue weighted by atomic mass is 16.5. The fourth-order valence-electron chi connectivity index (χ4n) is 2.79. The number of aliphatic hydroxyl groups excluding tert-OH is 1. The Bertz CT molecular complexity index is 699. The second kappa shape index (κ2) is 7.57. The molecule has 1 fully saturated rings. The summed E-state index contributed by atoms with van der Waals surface area (Å²) in [5, 5.41) is 15.2. The molecule has 2 aromatic rings. The highest BCUT2D eigenvalue weighted by molar-refractivity contribution is 5.89. The van der Waals surface area contributed by atoms with Gasteiger partial charge in [-0.05, 0) is 55.5 Å². The second-order valence-corrected chi connectivity index (χ2v) is 6.73. The average molecular weight is 340 g/mol. The van der Waals surface area contributed by atoms with Crippen LogP contribution >= 0.6 is 0 Å². The Hall–Kier alpha value is -2.53. The molecule has 1 saturated carbocycles. The van der Waals surface area contributed by atoms with Crippen LogP contribution in [0.15, 0.2) is 54.6 Å². The molecule has 3 N–H and O–H groups in total. The number of anilines is 1. The molecule has 0 radical (unpaired) electrons. The van der Waals surface area contributed by atoms with E-state index < -0.39 is 5.54 Å². The van der Waals surface area contributed by atoms with Crippen LogP contribution in [0.4, 0.5) is 10.5 Å². The van der Waals surface area contributed by atoms with E-state index >= 15 is 0 Å². The highest BCUT2D eigenvalue weighted by Crippen LogP contribution is 2.39. The molecule has 2 aromatic carbocycles. The first-order chi connectivity index (χ1) is 12.1. The zero-order valence-electron chi connectivity index (χ0n) is 14.4. The second-order valence-electron chi connectivity index (χ2n) is 6.73. The van der Waals surface area contributed by atoms with Gasteiger partial charge in [0.1, 0.15) is 12.4 Å². The summed E-state index contributed by atoms with van der Waals surface area (Å²) in [5.41, 5.74) is 1.23. The van der Waals surface area contributed by atoms with E-state index in [2.05, 4.69) is 10.6 Å². The van der Waals surface area contributed by atoms with Crippen LogP contribution in [0.2, 0.25) is 0 Å². The monoisotopic (exact) mass is 340 g/mol. The van der Waals surface area contributed by atoms with Crippen LogP contribution in [0.25, 0.3) is 0 Å². The van der Waals surface area contributed by atoms with Gasteiger partial charge in [-0.25, -0.2) is 4.79 Å². The first-order valence-corrected chi connectivity index (χ1v) is 8.56.